The molecule has 7 nitrogen and oxygen atoms in total. The molecule has 0 bridgehead atoms. The fourth-order valence-corrected chi connectivity index (χ4v) is 3.23. The SMILES string of the molecule is Cn1cnnc1SCC(=O)Nc1cc(C2CC2)nn1-c1ccccc1. The van der Waals surface area contributed by atoms with Gasteiger partial charge >= 0.3 is 0 Å². The van der Waals surface area contributed by atoms with Gasteiger partial charge in [-0.25, -0.2) is 4.68 Å². The zero-order valence-electron chi connectivity index (χ0n) is 13.8. The third-order valence-electron chi connectivity index (χ3n) is 3.99. The number of nitrogens with zero attached hydrogens (tertiary/aromatic N) is 5. The van der Waals surface area contributed by atoms with Crippen molar-refractivity contribution in [3.8, 4) is 5.69 Å². The van der Waals surface area contributed by atoms with E-state index in [1.54, 1.807) is 15.6 Å². The van der Waals surface area contributed by atoms with Gasteiger partial charge in [0, 0.05) is 19.0 Å². The Kier molecular flexibility index (Phi) is 4.27. The van der Waals surface area contributed by atoms with Gasteiger partial charge < -0.3 is 9.88 Å². The highest BCUT2D eigenvalue weighted by Gasteiger charge is 2.28. The van der Waals surface area contributed by atoms with Gasteiger partial charge in [0.1, 0.15) is 12.1 Å². The first-order chi connectivity index (χ1) is 12.2. The van der Waals surface area contributed by atoms with Crippen molar-refractivity contribution in [2.75, 3.05) is 11.1 Å². The first-order valence-electron chi connectivity index (χ1n) is 8.13. The van der Waals surface area contributed by atoms with E-state index in [2.05, 4.69) is 20.6 Å². The van der Waals surface area contributed by atoms with Crippen LogP contribution in [0, 0.1) is 0 Å². The van der Waals surface area contributed by atoms with Crippen LogP contribution in [-0.2, 0) is 11.8 Å². The number of hydrogen-bond donors (Lipinski definition) is 1. The molecule has 3 aromatic rings. The quantitative estimate of drug-likeness (QED) is 0.689. The van der Waals surface area contributed by atoms with Crippen molar-refractivity contribution in [2.45, 2.75) is 23.9 Å². The molecule has 1 amide bonds. The van der Waals surface area contributed by atoms with E-state index < -0.39 is 0 Å². The molecule has 8 heteroatoms. The molecule has 0 radical (unpaired) electrons. The van der Waals surface area contributed by atoms with Crippen molar-refractivity contribution < 1.29 is 4.79 Å². The summed E-state index contributed by atoms with van der Waals surface area (Å²) in [6.07, 6.45) is 3.95. The Morgan fingerprint density at radius 2 is 2.12 bits per heavy atom. The Labute approximate surface area is 149 Å². The van der Waals surface area contributed by atoms with Crippen LogP contribution in [0.5, 0.6) is 0 Å². The van der Waals surface area contributed by atoms with Gasteiger partial charge in [-0.15, -0.1) is 10.2 Å². The topological polar surface area (TPSA) is 77.6 Å². The lowest BCUT2D eigenvalue weighted by Gasteiger charge is -2.08. The van der Waals surface area contributed by atoms with Crippen LogP contribution in [0.25, 0.3) is 5.69 Å². The number of thioether (sulfide) groups is 1. The first-order valence-corrected chi connectivity index (χ1v) is 9.11. The van der Waals surface area contributed by atoms with Crippen LogP contribution in [0.4, 0.5) is 5.82 Å². The highest BCUT2D eigenvalue weighted by molar-refractivity contribution is 7.99. The van der Waals surface area contributed by atoms with Crippen LogP contribution in [0.15, 0.2) is 47.9 Å². The average Bonchev–Trinajstić information content (AvgIpc) is 3.27. The van der Waals surface area contributed by atoms with Crippen LogP contribution in [0.2, 0.25) is 0 Å². The van der Waals surface area contributed by atoms with Crippen LogP contribution in [0.3, 0.4) is 0 Å². The fourth-order valence-electron chi connectivity index (χ4n) is 2.55. The maximum atomic E-state index is 12.4. The van der Waals surface area contributed by atoms with Gasteiger partial charge in [-0.2, -0.15) is 5.10 Å². The minimum atomic E-state index is -0.0903. The number of amides is 1. The van der Waals surface area contributed by atoms with E-state index in [9.17, 15) is 4.79 Å². The van der Waals surface area contributed by atoms with E-state index in [1.165, 1.54) is 24.6 Å². The molecule has 1 aromatic carbocycles. The predicted molar refractivity (Wildman–Crippen MR) is 95.9 cm³/mol. The molecule has 25 heavy (non-hydrogen) atoms. The number of benzene rings is 1. The minimum absolute atomic E-state index is 0.0903. The molecule has 128 valence electrons. The van der Waals surface area contributed by atoms with E-state index in [4.69, 9.17) is 0 Å². The third kappa shape index (κ3) is 3.58. The minimum Gasteiger partial charge on any atom is -0.312 e. The Hall–Kier alpha value is -2.61. The molecule has 1 saturated carbocycles. The van der Waals surface area contributed by atoms with Crippen molar-refractivity contribution in [3.63, 3.8) is 0 Å². The molecule has 1 aliphatic rings. The number of anilines is 1. The number of carbonyl (C=O) groups is 1. The summed E-state index contributed by atoms with van der Waals surface area (Å²) in [5, 5.41) is 16.2. The first kappa shape index (κ1) is 15.9. The normalized spacial score (nSPS) is 13.8. The molecule has 0 saturated heterocycles. The Morgan fingerprint density at radius 3 is 2.80 bits per heavy atom. The van der Waals surface area contributed by atoms with E-state index in [1.807, 2.05) is 43.4 Å². The van der Waals surface area contributed by atoms with Gasteiger partial charge in [-0.3, -0.25) is 4.79 Å². The number of nitrogens with one attached hydrogen (secondary N) is 1. The molecule has 2 heterocycles. The van der Waals surface area contributed by atoms with Crippen molar-refractivity contribution in [2.24, 2.45) is 7.05 Å². The highest BCUT2D eigenvalue weighted by atomic mass is 32.2. The summed E-state index contributed by atoms with van der Waals surface area (Å²) >= 11 is 1.36. The van der Waals surface area contributed by atoms with Crippen LogP contribution < -0.4 is 5.32 Å². The number of para-hydroxylation sites is 1. The van der Waals surface area contributed by atoms with Crippen LogP contribution in [0.1, 0.15) is 24.5 Å². The lowest BCUT2D eigenvalue weighted by atomic mass is 10.3. The number of aromatic nitrogens is 5. The maximum Gasteiger partial charge on any atom is 0.236 e. The van der Waals surface area contributed by atoms with Crippen molar-refractivity contribution in [1.82, 2.24) is 24.5 Å². The number of rotatable bonds is 6. The Bertz CT molecular complexity index is 884. The summed E-state index contributed by atoms with van der Waals surface area (Å²) in [5.74, 6) is 1.41. The molecule has 1 N–H and O–H groups in total. The van der Waals surface area contributed by atoms with Crippen molar-refractivity contribution in [1.29, 1.82) is 0 Å². The predicted octanol–water partition coefficient (Wildman–Crippen LogP) is 2.61. The molecule has 1 fully saturated rings. The monoisotopic (exact) mass is 354 g/mol. The van der Waals surface area contributed by atoms with Gasteiger partial charge in [0.2, 0.25) is 5.91 Å². The average molecular weight is 354 g/mol. The lowest BCUT2D eigenvalue weighted by molar-refractivity contribution is -0.113. The van der Waals surface area contributed by atoms with Gasteiger partial charge in [0.25, 0.3) is 0 Å². The summed E-state index contributed by atoms with van der Waals surface area (Å²) in [6.45, 7) is 0. The van der Waals surface area contributed by atoms with E-state index >= 15 is 0 Å². The second-order valence-corrected chi connectivity index (χ2v) is 6.98. The summed E-state index contributed by atoms with van der Waals surface area (Å²) in [5.41, 5.74) is 1.98. The van der Waals surface area contributed by atoms with E-state index in [0.717, 1.165) is 11.4 Å². The van der Waals surface area contributed by atoms with E-state index in [-0.39, 0.29) is 11.7 Å². The molecular formula is C17H18N6OS. The van der Waals surface area contributed by atoms with Gasteiger partial charge in [-0.1, -0.05) is 30.0 Å². The van der Waals surface area contributed by atoms with Crippen LogP contribution in [-0.4, -0.2) is 36.2 Å². The largest absolute Gasteiger partial charge is 0.312 e. The second kappa shape index (κ2) is 6.72. The molecule has 2 aromatic heterocycles. The van der Waals surface area contributed by atoms with E-state index in [0.29, 0.717) is 16.9 Å². The lowest BCUT2D eigenvalue weighted by Crippen LogP contribution is -2.17. The van der Waals surface area contributed by atoms with Crippen molar-refractivity contribution in [3.05, 3.63) is 48.4 Å². The molecule has 4 rings (SSSR count). The summed E-state index contributed by atoms with van der Waals surface area (Å²) in [6, 6.07) is 11.8. The number of carbonyl (C=O) groups excluding carboxylic acids is 1. The summed E-state index contributed by atoms with van der Waals surface area (Å²) < 4.78 is 3.59. The zero-order chi connectivity index (χ0) is 17.2. The maximum absolute atomic E-state index is 12.4. The van der Waals surface area contributed by atoms with Crippen molar-refractivity contribution >= 4 is 23.5 Å². The molecule has 0 unspecified atom stereocenters. The zero-order valence-corrected chi connectivity index (χ0v) is 14.6. The third-order valence-corrected chi connectivity index (χ3v) is 5.03. The smallest absolute Gasteiger partial charge is 0.236 e. The highest BCUT2D eigenvalue weighted by Crippen LogP contribution is 2.40. The summed E-state index contributed by atoms with van der Waals surface area (Å²) in [4.78, 5) is 12.4. The van der Waals surface area contributed by atoms with Gasteiger partial charge in [0.05, 0.1) is 17.1 Å². The molecule has 0 aliphatic heterocycles. The second-order valence-electron chi connectivity index (χ2n) is 6.04. The molecule has 0 spiro atoms. The molecular weight excluding hydrogens is 336 g/mol. The fraction of sp³-hybridized carbons (Fsp3) is 0.294. The number of hydrogen-bond acceptors (Lipinski definition) is 5. The molecule has 1 aliphatic carbocycles. The summed E-state index contributed by atoms with van der Waals surface area (Å²) in [7, 11) is 1.85. The molecule has 0 atom stereocenters. The Balaban J connectivity index is 1.51. The number of aryl methyl sites for hydroxylation is 1. The standard InChI is InChI=1S/C17H18N6OS/c1-22-11-18-20-17(22)25-10-16(24)19-15-9-14(12-7-8-12)21-23(15)13-5-3-2-4-6-13/h2-6,9,11-12H,7-8,10H2,1H3,(H,19,24). The Morgan fingerprint density at radius 1 is 1.32 bits per heavy atom. The van der Waals surface area contributed by atoms with Gasteiger partial charge in [0.15, 0.2) is 5.16 Å². The van der Waals surface area contributed by atoms with Crippen LogP contribution >= 0.6 is 11.8 Å². The van der Waals surface area contributed by atoms with Gasteiger partial charge in [-0.05, 0) is 25.0 Å².